The number of ether oxygens (including phenoxy) is 4. The highest BCUT2D eigenvalue weighted by molar-refractivity contribution is 6.86. The lowest BCUT2D eigenvalue weighted by atomic mass is 9.74. The second-order valence-electron chi connectivity index (χ2n) is 19.6. The van der Waals surface area contributed by atoms with Crippen LogP contribution >= 0.6 is 0 Å². The van der Waals surface area contributed by atoms with E-state index in [1.165, 1.54) is 135 Å². The van der Waals surface area contributed by atoms with Gasteiger partial charge in [-0.05, 0) is 177 Å². The fourth-order valence-electron chi connectivity index (χ4n) is 11.3. The molecule has 1 heterocycles. The molecule has 0 amide bonds. The lowest BCUT2D eigenvalue weighted by Gasteiger charge is -2.43. The van der Waals surface area contributed by atoms with Crippen LogP contribution in [0, 0.1) is 29.6 Å². The molecule has 5 aliphatic rings. The Morgan fingerprint density at radius 1 is 0.517 bits per heavy atom. The first-order chi connectivity index (χ1) is 28.1. The Hall–Kier alpha value is 0.0275. The summed E-state index contributed by atoms with van der Waals surface area (Å²) in [6.07, 6.45) is 34.9. The summed E-state index contributed by atoms with van der Waals surface area (Å²) < 4.78 is 51.4. The van der Waals surface area contributed by atoms with E-state index in [4.69, 9.17) is 35.4 Å². The molecule has 0 aromatic carbocycles. The van der Waals surface area contributed by atoms with Gasteiger partial charge in [0.1, 0.15) is 0 Å². The van der Waals surface area contributed by atoms with Gasteiger partial charge < -0.3 is 35.4 Å². The van der Waals surface area contributed by atoms with E-state index < -0.39 is 35.7 Å². The normalized spacial score (nSPS) is 37.8. The fourth-order valence-corrected chi connectivity index (χ4v) is 28.8. The van der Waals surface area contributed by atoms with Crippen molar-refractivity contribution in [2.24, 2.45) is 29.6 Å². The van der Waals surface area contributed by atoms with E-state index in [1.807, 2.05) is 12.2 Å². The number of hydrogen-bond donors (Lipinski definition) is 0. The summed E-state index contributed by atoms with van der Waals surface area (Å²) in [5, 5.41) is 0. The predicted octanol–water partition coefficient (Wildman–Crippen LogP) is 11.6. The maximum absolute atomic E-state index is 7.08. The third-order valence-electron chi connectivity index (χ3n) is 14.4. The van der Waals surface area contributed by atoms with Crippen LogP contribution in [0.15, 0.2) is 25.3 Å². The van der Waals surface area contributed by atoms with Crippen LogP contribution in [-0.2, 0) is 35.4 Å². The molecular weight excluding hydrogens is 793 g/mol. The van der Waals surface area contributed by atoms with Crippen LogP contribution in [0.3, 0.4) is 0 Å². The van der Waals surface area contributed by atoms with Crippen molar-refractivity contribution in [1.29, 1.82) is 0 Å². The molecule has 1 aliphatic heterocycles. The summed E-state index contributed by atoms with van der Waals surface area (Å²) in [7, 11) is -8.47. The maximum atomic E-state index is 7.08. The molecule has 4 saturated carbocycles. The first-order valence-electron chi connectivity index (χ1n) is 24.5. The van der Waals surface area contributed by atoms with Crippen LogP contribution in [0.5, 0.6) is 0 Å². The monoisotopic (exact) mass is 881 g/mol. The lowest BCUT2D eigenvalue weighted by Crippen LogP contribution is -2.59. The van der Waals surface area contributed by atoms with Crippen molar-refractivity contribution in [2.75, 3.05) is 33.0 Å². The smallest absolute Gasteiger partial charge is 0.317 e. The average Bonchev–Trinajstić information content (AvgIpc) is 3.20. The topological polar surface area (TPSA) is 73.8 Å². The summed E-state index contributed by atoms with van der Waals surface area (Å²) in [5.74, 6) is 4.59. The Morgan fingerprint density at radius 3 is 1.38 bits per heavy atom. The van der Waals surface area contributed by atoms with Gasteiger partial charge in [-0.2, -0.15) is 0 Å². The van der Waals surface area contributed by atoms with Gasteiger partial charge in [0.15, 0.2) is 0 Å². The Bertz CT molecular complexity index is 1120. The van der Waals surface area contributed by atoms with Gasteiger partial charge in [0, 0.05) is 19.8 Å². The van der Waals surface area contributed by atoms with Crippen LogP contribution in [0.25, 0.3) is 0 Å². The molecule has 5 fully saturated rings. The summed E-state index contributed by atoms with van der Waals surface area (Å²) in [5.41, 5.74) is 0. The average molecular weight is 882 g/mol. The van der Waals surface area contributed by atoms with Gasteiger partial charge in [0.2, 0.25) is 0 Å². The first kappa shape index (κ1) is 49.0. The van der Waals surface area contributed by atoms with Gasteiger partial charge in [-0.1, -0.05) is 50.7 Å². The molecule has 8 nitrogen and oxygen atoms in total. The Morgan fingerprint density at radius 2 is 0.914 bits per heavy atom. The van der Waals surface area contributed by atoms with E-state index in [-0.39, 0.29) is 0 Å². The van der Waals surface area contributed by atoms with Crippen LogP contribution in [0.4, 0.5) is 0 Å². The molecule has 5 rings (SSSR count). The van der Waals surface area contributed by atoms with Gasteiger partial charge in [0.05, 0.1) is 31.5 Å². The molecule has 0 spiro atoms. The van der Waals surface area contributed by atoms with Crippen molar-refractivity contribution >= 4 is 35.7 Å². The van der Waals surface area contributed by atoms with E-state index in [0.717, 1.165) is 74.3 Å². The molecule has 4 atom stereocenters. The first-order valence-corrected chi connectivity index (χ1v) is 33.7. The van der Waals surface area contributed by atoms with Gasteiger partial charge in [-0.15, -0.1) is 13.2 Å². The van der Waals surface area contributed by atoms with Crippen LogP contribution in [0.2, 0.25) is 38.3 Å². The third kappa shape index (κ3) is 18.4. The zero-order chi connectivity index (χ0) is 41.1. The standard InChI is InChI=1S/C46H88O8Si4/c1-7-30-48-44-24-18-41(19-25-44)37-40-16-14-39(15-17-40)13-9-10-32-47-33-11-35-57(5)52-55(3)51-56(4)53-58(6,54-57)36-12-34-50-46-28-22-43(23-29-46)38-42-20-26-45(27-21-42)49-31-8-2/h7-8,39-46,55-56H,1-2,9-38H2,3-6H3. The SMILES string of the molecule is C=CCOC1CCC(CC2CCC(CCCCOCCC[Si]3(C)O[SiH](C)O[SiH](C)O[Si](C)(CCCOC4CCC(CC5CCC(OCC=C)CC5)CC4)O3)CC2)CC1. The molecule has 336 valence electrons. The highest BCUT2D eigenvalue weighted by atomic mass is 28.5. The molecule has 0 N–H and O–H groups in total. The Kier molecular flexibility index (Phi) is 22.5. The van der Waals surface area contributed by atoms with Gasteiger partial charge in [-0.25, -0.2) is 0 Å². The zero-order valence-corrected chi connectivity index (χ0v) is 42.1. The van der Waals surface area contributed by atoms with Crippen LogP contribution in [-0.4, -0.2) is 87.0 Å². The summed E-state index contributed by atoms with van der Waals surface area (Å²) in [6.45, 7) is 20.2. The van der Waals surface area contributed by atoms with Crippen molar-refractivity contribution in [2.45, 2.75) is 204 Å². The lowest BCUT2D eigenvalue weighted by molar-refractivity contribution is 0.00924. The highest BCUT2D eigenvalue weighted by Crippen LogP contribution is 2.40. The van der Waals surface area contributed by atoms with E-state index in [9.17, 15) is 0 Å². The van der Waals surface area contributed by atoms with Gasteiger partial charge in [-0.3, -0.25) is 0 Å². The molecule has 1 saturated heterocycles. The molecule has 0 aromatic rings. The molecule has 58 heavy (non-hydrogen) atoms. The number of hydrogen-bond acceptors (Lipinski definition) is 8. The number of rotatable bonds is 24. The Labute approximate surface area is 361 Å². The molecule has 4 unspecified atom stereocenters. The van der Waals surface area contributed by atoms with E-state index >= 15 is 0 Å². The summed E-state index contributed by atoms with van der Waals surface area (Å²) in [6, 6.07) is 1.88. The van der Waals surface area contributed by atoms with Crippen molar-refractivity contribution in [3.05, 3.63) is 25.3 Å². The van der Waals surface area contributed by atoms with Crippen molar-refractivity contribution in [3.63, 3.8) is 0 Å². The van der Waals surface area contributed by atoms with Crippen LogP contribution in [0.1, 0.15) is 148 Å². The quantitative estimate of drug-likeness (QED) is 0.0539. The third-order valence-corrected chi connectivity index (χ3v) is 30.1. The molecular formula is C46H88O8Si4. The van der Waals surface area contributed by atoms with Crippen molar-refractivity contribution in [1.82, 2.24) is 0 Å². The maximum Gasteiger partial charge on any atom is 0.317 e. The van der Waals surface area contributed by atoms with Gasteiger partial charge >= 0.3 is 17.1 Å². The minimum Gasteiger partial charge on any atom is -0.420 e. The van der Waals surface area contributed by atoms with E-state index in [1.54, 1.807) is 0 Å². The zero-order valence-electron chi connectivity index (χ0n) is 37.8. The molecule has 12 heteroatoms. The highest BCUT2D eigenvalue weighted by Gasteiger charge is 2.47. The minimum atomic E-state index is -2.45. The molecule has 0 bridgehead atoms. The second-order valence-corrected chi connectivity index (χ2v) is 31.2. The van der Waals surface area contributed by atoms with E-state index in [2.05, 4.69) is 39.3 Å². The van der Waals surface area contributed by atoms with Crippen molar-refractivity contribution < 1.29 is 35.4 Å². The van der Waals surface area contributed by atoms with E-state index in [0.29, 0.717) is 31.5 Å². The summed E-state index contributed by atoms with van der Waals surface area (Å²) >= 11 is 0. The van der Waals surface area contributed by atoms with Gasteiger partial charge in [0.25, 0.3) is 18.6 Å². The fraction of sp³-hybridized carbons (Fsp3) is 0.913. The molecule has 0 radical (unpaired) electrons. The predicted molar refractivity (Wildman–Crippen MR) is 247 cm³/mol. The van der Waals surface area contributed by atoms with Crippen molar-refractivity contribution in [3.8, 4) is 0 Å². The van der Waals surface area contributed by atoms with Crippen LogP contribution < -0.4 is 0 Å². The summed E-state index contributed by atoms with van der Waals surface area (Å²) in [4.78, 5) is 0. The Balaban J connectivity index is 0.894. The molecule has 4 aliphatic carbocycles. The minimum absolute atomic E-state index is 0.411. The number of unbranched alkanes of at least 4 members (excludes halogenated alkanes) is 1. The molecule has 0 aromatic heterocycles. The largest absolute Gasteiger partial charge is 0.420 e. The second kappa shape index (κ2) is 26.6.